The van der Waals surface area contributed by atoms with Gasteiger partial charge in [0.25, 0.3) is 0 Å². The lowest BCUT2D eigenvalue weighted by Crippen LogP contribution is -2.15. The van der Waals surface area contributed by atoms with Gasteiger partial charge in [-0.25, -0.2) is 4.39 Å². The van der Waals surface area contributed by atoms with Crippen LogP contribution in [0.1, 0.15) is 12.5 Å². The standard InChI is InChI=1S/C12H11ClFN/c1-9-4-3-7-15(13)12(9)10-5-2-6-11(14)8-10/h2-6,8H,7H2,1H3. The van der Waals surface area contributed by atoms with Crippen LogP contribution in [-0.2, 0) is 0 Å². The molecule has 0 radical (unpaired) electrons. The summed E-state index contributed by atoms with van der Waals surface area (Å²) in [6.07, 6.45) is 3.98. The third-order valence-electron chi connectivity index (χ3n) is 2.35. The zero-order valence-electron chi connectivity index (χ0n) is 8.37. The zero-order valence-corrected chi connectivity index (χ0v) is 9.13. The molecule has 1 aliphatic rings. The Hall–Kier alpha value is -1.28. The van der Waals surface area contributed by atoms with Crippen molar-refractivity contribution in [1.82, 2.24) is 4.42 Å². The summed E-state index contributed by atoms with van der Waals surface area (Å²) in [5.41, 5.74) is 2.73. The monoisotopic (exact) mass is 223 g/mol. The molecule has 0 saturated heterocycles. The Morgan fingerprint density at radius 2 is 2.20 bits per heavy atom. The molecule has 1 aliphatic heterocycles. The van der Waals surface area contributed by atoms with Gasteiger partial charge in [0.05, 0.1) is 12.2 Å². The predicted octanol–water partition coefficient (Wildman–Crippen LogP) is 3.58. The lowest BCUT2D eigenvalue weighted by atomic mass is 10.0. The quantitative estimate of drug-likeness (QED) is 0.658. The second-order valence-corrected chi connectivity index (χ2v) is 3.90. The van der Waals surface area contributed by atoms with Crippen molar-refractivity contribution in [3.63, 3.8) is 0 Å². The van der Waals surface area contributed by atoms with Crippen LogP contribution in [0.2, 0.25) is 0 Å². The second-order valence-electron chi connectivity index (χ2n) is 3.49. The van der Waals surface area contributed by atoms with E-state index in [2.05, 4.69) is 0 Å². The summed E-state index contributed by atoms with van der Waals surface area (Å²) < 4.78 is 14.7. The molecule has 1 nitrogen and oxygen atoms in total. The Kier molecular flexibility index (Phi) is 2.78. The maximum absolute atomic E-state index is 13.1. The van der Waals surface area contributed by atoms with E-state index in [1.807, 2.05) is 25.1 Å². The first kappa shape index (κ1) is 10.2. The van der Waals surface area contributed by atoms with Gasteiger partial charge in [0.2, 0.25) is 0 Å². The Morgan fingerprint density at radius 1 is 1.40 bits per heavy atom. The van der Waals surface area contributed by atoms with E-state index in [1.165, 1.54) is 12.1 Å². The average Bonchev–Trinajstić information content (AvgIpc) is 2.17. The highest BCUT2D eigenvalue weighted by molar-refractivity contribution is 6.18. The molecule has 1 heterocycles. The van der Waals surface area contributed by atoms with Crippen LogP contribution in [0.3, 0.4) is 0 Å². The van der Waals surface area contributed by atoms with Crippen molar-refractivity contribution in [2.45, 2.75) is 6.92 Å². The molecule has 0 spiro atoms. The third-order valence-corrected chi connectivity index (χ3v) is 2.65. The van der Waals surface area contributed by atoms with Crippen molar-refractivity contribution >= 4 is 17.5 Å². The second kappa shape index (κ2) is 4.07. The van der Waals surface area contributed by atoms with Crippen molar-refractivity contribution in [1.29, 1.82) is 0 Å². The Bertz CT molecular complexity index is 437. The molecule has 0 fully saturated rings. The molecule has 0 atom stereocenters. The van der Waals surface area contributed by atoms with Crippen LogP contribution < -0.4 is 0 Å². The molecule has 15 heavy (non-hydrogen) atoms. The number of halogens is 2. The van der Waals surface area contributed by atoms with Crippen molar-refractivity contribution in [3.8, 4) is 0 Å². The molecule has 0 aromatic heterocycles. The van der Waals surface area contributed by atoms with Gasteiger partial charge in [0.1, 0.15) is 5.82 Å². The number of benzene rings is 1. The summed E-state index contributed by atoms with van der Waals surface area (Å²) in [4.78, 5) is 0. The van der Waals surface area contributed by atoms with Crippen LogP contribution in [0.4, 0.5) is 4.39 Å². The summed E-state index contributed by atoms with van der Waals surface area (Å²) in [6, 6.07) is 6.47. The molecule has 3 heteroatoms. The molecule has 1 aromatic carbocycles. The lowest BCUT2D eigenvalue weighted by molar-refractivity contribution is 0.625. The summed E-state index contributed by atoms with van der Waals surface area (Å²) in [5, 5.41) is 0. The topological polar surface area (TPSA) is 3.24 Å². The molecule has 2 rings (SSSR count). The molecular formula is C12H11ClFN. The van der Waals surface area contributed by atoms with Gasteiger partial charge in [-0.3, -0.25) is 4.42 Å². The normalized spacial score (nSPS) is 16.1. The average molecular weight is 224 g/mol. The molecule has 0 saturated carbocycles. The van der Waals surface area contributed by atoms with E-state index < -0.39 is 0 Å². The molecule has 0 unspecified atom stereocenters. The van der Waals surface area contributed by atoms with E-state index in [4.69, 9.17) is 11.8 Å². The van der Waals surface area contributed by atoms with Crippen LogP contribution in [0.15, 0.2) is 42.0 Å². The highest BCUT2D eigenvalue weighted by Crippen LogP contribution is 2.28. The van der Waals surface area contributed by atoms with Crippen LogP contribution in [0, 0.1) is 5.82 Å². The molecule has 1 aromatic rings. The van der Waals surface area contributed by atoms with Gasteiger partial charge in [-0.1, -0.05) is 24.3 Å². The van der Waals surface area contributed by atoms with Crippen LogP contribution in [0.25, 0.3) is 5.70 Å². The number of nitrogens with zero attached hydrogens (tertiary/aromatic N) is 1. The highest BCUT2D eigenvalue weighted by atomic mass is 35.5. The SMILES string of the molecule is CC1=C(c2cccc(F)c2)N(Cl)CC=C1. The van der Waals surface area contributed by atoms with Gasteiger partial charge in [0.15, 0.2) is 0 Å². The minimum atomic E-state index is -0.243. The Balaban J connectivity index is 2.49. The maximum Gasteiger partial charge on any atom is 0.123 e. The molecule has 0 amide bonds. The first-order chi connectivity index (χ1) is 7.18. The zero-order chi connectivity index (χ0) is 10.8. The number of allylic oxidation sites excluding steroid dienone is 2. The minimum Gasteiger partial charge on any atom is -0.281 e. The summed E-state index contributed by atoms with van der Waals surface area (Å²) in [7, 11) is 0. The van der Waals surface area contributed by atoms with E-state index in [-0.39, 0.29) is 5.82 Å². The van der Waals surface area contributed by atoms with E-state index in [9.17, 15) is 4.39 Å². The smallest absolute Gasteiger partial charge is 0.123 e. The fourth-order valence-corrected chi connectivity index (χ4v) is 2.00. The van der Waals surface area contributed by atoms with Gasteiger partial charge >= 0.3 is 0 Å². The maximum atomic E-state index is 13.1. The summed E-state index contributed by atoms with van der Waals surface area (Å²) in [6.45, 7) is 2.61. The largest absolute Gasteiger partial charge is 0.281 e. The van der Waals surface area contributed by atoms with Crippen LogP contribution >= 0.6 is 11.8 Å². The Morgan fingerprint density at radius 3 is 2.87 bits per heavy atom. The molecule has 0 bridgehead atoms. The fraction of sp³-hybridized carbons (Fsp3) is 0.167. The third kappa shape index (κ3) is 2.05. The van der Waals surface area contributed by atoms with Gasteiger partial charge in [-0.15, -0.1) is 0 Å². The van der Waals surface area contributed by atoms with Crippen molar-refractivity contribution in [2.24, 2.45) is 0 Å². The summed E-state index contributed by atoms with van der Waals surface area (Å²) in [5.74, 6) is -0.243. The summed E-state index contributed by atoms with van der Waals surface area (Å²) >= 11 is 6.07. The van der Waals surface area contributed by atoms with E-state index >= 15 is 0 Å². The van der Waals surface area contributed by atoms with Gasteiger partial charge in [-0.2, -0.15) is 0 Å². The van der Waals surface area contributed by atoms with Crippen molar-refractivity contribution < 1.29 is 4.39 Å². The van der Waals surface area contributed by atoms with E-state index in [0.29, 0.717) is 6.54 Å². The number of hydrogen-bond acceptors (Lipinski definition) is 1. The van der Waals surface area contributed by atoms with E-state index in [0.717, 1.165) is 16.8 Å². The van der Waals surface area contributed by atoms with Crippen LogP contribution in [0.5, 0.6) is 0 Å². The predicted molar refractivity (Wildman–Crippen MR) is 60.7 cm³/mol. The molecule has 78 valence electrons. The first-order valence-electron chi connectivity index (χ1n) is 4.75. The van der Waals surface area contributed by atoms with Crippen molar-refractivity contribution in [2.75, 3.05) is 6.54 Å². The highest BCUT2D eigenvalue weighted by Gasteiger charge is 2.14. The number of rotatable bonds is 1. The van der Waals surface area contributed by atoms with Crippen LogP contribution in [-0.4, -0.2) is 11.0 Å². The van der Waals surface area contributed by atoms with E-state index in [1.54, 1.807) is 10.5 Å². The molecule has 0 N–H and O–H groups in total. The minimum absolute atomic E-state index is 0.243. The molecule has 0 aliphatic carbocycles. The Labute approximate surface area is 93.6 Å². The van der Waals surface area contributed by atoms with Gasteiger partial charge in [0, 0.05) is 17.3 Å². The number of hydrogen-bond donors (Lipinski definition) is 0. The van der Waals surface area contributed by atoms with Gasteiger partial charge in [-0.05, 0) is 24.6 Å². The van der Waals surface area contributed by atoms with Gasteiger partial charge < -0.3 is 0 Å². The molecular weight excluding hydrogens is 213 g/mol. The fourth-order valence-electron chi connectivity index (χ4n) is 1.69. The first-order valence-corrected chi connectivity index (χ1v) is 5.09. The lowest BCUT2D eigenvalue weighted by Gasteiger charge is -2.23. The van der Waals surface area contributed by atoms with Crippen molar-refractivity contribution in [3.05, 3.63) is 53.4 Å².